The molecule has 0 N–H and O–H groups in total. The summed E-state index contributed by atoms with van der Waals surface area (Å²) in [5, 5.41) is 0. The van der Waals surface area contributed by atoms with Crippen LogP contribution in [0.15, 0.2) is 35.1 Å². The smallest absolute Gasteiger partial charge is 0.181 e. The molecule has 21 heavy (non-hydrogen) atoms. The van der Waals surface area contributed by atoms with E-state index in [1.807, 2.05) is 0 Å². The van der Waals surface area contributed by atoms with Crippen molar-refractivity contribution in [2.75, 3.05) is 4.90 Å². The number of hydrogen-bond acceptors (Lipinski definition) is 3. The van der Waals surface area contributed by atoms with Gasteiger partial charge in [0.05, 0.1) is 6.54 Å². The molecular weight excluding hydrogens is 260 g/mol. The van der Waals surface area contributed by atoms with Gasteiger partial charge in [0.2, 0.25) is 0 Å². The van der Waals surface area contributed by atoms with Crippen molar-refractivity contribution < 1.29 is 4.42 Å². The van der Waals surface area contributed by atoms with Crippen LogP contribution in [0.2, 0.25) is 0 Å². The van der Waals surface area contributed by atoms with Crippen molar-refractivity contribution in [1.29, 1.82) is 0 Å². The molecule has 0 fully saturated rings. The Labute approximate surface area is 126 Å². The average molecular weight is 282 g/mol. The summed E-state index contributed by atoms with van der Waals surface area (Å²) in [5.41, 5.74) is 3.70. The fourth-order valence-corrected chi connectivity index (χ4v) is 4.34. The summed E-state index contributed by atoms with van der Waals surface area (Å²) >= 11 is 0. The van der Waals surface area contributed by atoms with Crippen LogP contribution in [0.5, 0.6) is 0 Å². The van der Waals surface area contributed by atoms with Gasteiger partial charge < -0.3 is 9.32 Å². The summed E-state index contributed by atoms with van der Waals surface area (Å²) in [6.45, 7) is 12.5. The number of hydrogen-bond donors (Lipinski definition) is 0. The van der Waals surface area contributed by atoms with E-state index in [1.165, 1.54) is 11.3 Å². The number of aromatic nitrogens is 1. The highest BCUT2D eigenvalue weighted by Gasteiger charge is 2.64. The molecule has 2 aliphatic heterocycles. The minimum Gasteiger partial charge on any atom is -0.446 e. The Morgan fingerprint density at radius 2 is 1.81 bits per heavy atom. The number of para-hydroxylation sites is 1. The molecule has 0 radical (unpaired) electrons. The minimum absolute atomic E-state index is 0.0130. The lowest BCUT2D eigenvalue weighted by molar-refractivity contribution is 0.0539. The first-order chi connectivity index (χ1) is 9.82. The lowest BCUT2D eigenvalue weighted by atomic mass is 9.52. The van der Waals surface area contributed by atoms with Gasteiger partial charge in [0, 0.05) is 11.1 Å². The number of anilines is 1. The van der Waals surface area contributed by atoms with Crippen LogP contribution >= 0.6 is 0 Å². The first kappa shape index (κ1) is 12.9. The quantitative estimate of drug-likeness (QED) is 0.724. The van der Waals surface area contributed by atoms with Gasteiger partial charge in [-0.05, 0) is 24.0 Å². The number of fused-ring (bicyclic) bond motifs is 5. The minimum atomic E-state index is -0.170. The van der Waals surface area contributed by atoms with Gasteiger partial charge in [-0.3, -0.25) is 0 Å². The molecule has 0 amide bonds. The Balaban J connectivity index is 2.08. The van der Waals surface area contributed by atoms with Crippen molar-refractivity contribution in [3.8, 4) is 0 Å². The van der Waals surface area contributed by atoms with Gasteiger partial charge in [-0.2, -0.15) is 0 Å². The Hall–Kier alpha value is -1.77. The van der Waals surface area contributed by atoms with Crippen LogP contribution in [0.25, 0.3) is 0 Å². The van der Waals surface area contributed by atoms with Crippen molar-refractivity contribution in [2.45, 2.75) is 52.1 Å². The molecule has 0 saturated heterocycles. The molecular formula is C18H22N2O. The van der Waals surface area contributed by atoms with Crippen molar-refractivity contribution >= 4 is 5.69 Å². The highest BCUT2D eigenvalue weighted by molar-refractivity contribution is 5.66. The summed E-state index contributed by atoms with van der Waals surface area (Å²) in [4.78, 5) is 6.92. The largest absolute Gasteiger partial charge is 0.446 e. The maximum absolute atomic E-state index is 5.84. The Morgan fingerprint density at radius 1 is 1.10 bits per heavy atom. The molecule has 2 aliphatic rings. The van der Waals surface area contributed by atoms with E-state index in [4.69, 9.17) is 4.42 Å². The van der Waals surface area contributed by atoms with Crippen LogP contribution in [0.3, 0.4) is 0 Å². The monoisotopic (exact) mass is 282 g/mol. The maximum atomic E-state index is 5.84. The molecule has 3 heteroatoms. The maximum Gasteiger partial charge on any atom is 0.181 e. The predicted octanol–water partition coefficient (Wildman–Crippen LogP) is 4.23. The standard InChI is InChI=1S/C18H22N2O/c1-16(2)12-8-6-7-9-14(12)20-10-13-15(21-11-19-13)18(20,5)17(16,3)4/h6-9,11H,10H2,1-5H3. The molecule has 110 valence electrons. The second-order valence-electron chi connectivity index (χ2n) is 7.55. The zero-order valence-corrected chi connectivity index (χ0v) is 13.4. The number of rotatable bonds is 0. The van der Waals surface area contributed by atoms with E-state index in [0.717, 1.165) is 18.0 Å². The first-order valence-corrected chi connectivity index (χ1v) is 7.62. The molecule has 3 heterocycles. The van der Waals surface area contributed by atoms with Crippen LogP contribution in [-0.4, -0.2) is 4.98 Å². The molecule has 1 atom stereocenters. The average Bonchev–Trinajstić information content (AvgIpc) is 3.00. The van der Waals surface area contributed by atoms with E-state index in [-0.39, 0.29) is 16.4 Å². The fourth-order valence-electron chi connectivity index (χ4n) is 4.34. The van der Waals surface area contributed by atoms with E-state index in [9.17, 15) is 0 Å². The summed E-state index contributed by atoms with van der Waals surface area (Å²) in [6.07, 6.45) is 1.59. The third-order valence-corrected chi connectivity index (χ3v) is 6.58. The van der Waals surface area contributed by atoms with E-state index in [1.54, 1.807) is 6.39 Å². The molecule has 2 aromatic rings. The third-order valence-electron chi connectivity index (χ3n) is 6.58. The zero-order valence-electron chi connectivity index (χ0n) is 13.4. The Morgan fingerprint density at radius 3 is 2.57 bits per heavy atom. The van der Waals surface area contributed by atoms with Crippen LogP contribution in [0.1, 0.15) is 51.6 Å². The van der Waals surface area contributed by atoms with Gasteiger partial charge >= 0.3 is 0 Å². The molecule has 1 aromatic heterocycles. The molecule has 1 aromatic carbocycles. The summed E-state index contributed by atoms with van der Waals surface area (Å²) < 4.78 is 5.84. The molecule has 0 saturated carbocycles. The van der Waals surface area contributed by atoms with Crippen LogP contribution in [0.4, 0.5) is 5.69 Å². The van der Waals surface area contributed by atoms with Gasteiger partial charge in [0.15, 0.2) is 12.2 Å². The molecule has 0 bridgehead atoms. The second kappa shape index (κ2) is 3.52. The van der Waals surface area contributed by atoms with Crippen molar-refractivity contribution in [2.24, 2.45) is 5.41 Å². The first-order valence-electron chi connectivity index (χ1n) is 7.62. The number of nitrogens with zero attached hydrogens (tertiary/aromatic N) is 2. The molecule has 4 rings (SSSR count). The summed E-state index contributed by atoms with van der Waals surface area (Å²) in [7, 11) is 0. The zero-order chi connectivity index (χ0) is 15.0. The van der Waals surface area contributed by atoms with Crippen molar-refractivity contribution in [1.82, 2.24) is 4.98 Å². The highest BCUT2D eigenvalue weighted by atomic mass is 16.3. The topological polar surface area (TPSA) is 29.3 Å². The lowest BCUT2D eigenvalue weighted by Gasteiger charge is -2.60. The SMILES string of the molecule is CC1(C)c2ccccc2N2Cc3ncoc3C2(C)C1(C)C. The van der Waals surface area contributed by atoms with Crippen molar-refractivity contribution in [3.05, 3.63) is 47.7 Å². The van der Waals surface area contributed by atoms with E-state index >= 15 is 0 Å². The molecule has 3 nitrogen and oxygen atoms in total. The van der Waals surface area contributed by atoms with Gasteiger partial charge in [-0.25, -0.2) is 4.98 Å². The van der Waals surface area contributed by atoms with Gasteiger partial charge in [0.1, 0.15) is 11.2 Å². The van der Waals surface area contributed by atoms with E-state index in [2.05, 4.69) is 68.8 Å². The normalized spacial score (nSPS) is 28.0. The van der Waals surface area contributed by atoms with Crippen LogP contribution in [0, 0.1) is 5.41 Å². The highest BCUT2D eigenvalue weighted by Crippen LogP contribution is 2.64. The van der Waals surface area contributed by atoms with Crippen LogP contribution in [-0.2, 0) is 17.5 Å². The van der Waals surface area contributed by atoms with Crippen LogP contribution < -0.4 is 4.90 Å². The predicted molar refractivity (Wildman–Crippen MR) is 83.3 cm³/mol. The third kappa shape index (κ3) is 1.20. The van der Waals surface area contributed by atoms with Crippen molar-refractivity contribution in [3.63, 3.8) is 0 Å². The summed E-state index contributed by atoms with van der Waals surface area (Å²) in [5.74, 6) is 1.04. The van der Waals surface area contributed by atoms with Gasteiger partial charge in [-0.1, -0.05) is 45.9 Å². The Bertz CT molecular complexity index is 728. The molecule has 0 spiro atoms. The molecule has 0 aliphatic carbocycles. The number of benzene rings is 1. The van der Waals surface area contributed by atoms with E-state index < -0.39 is 0 Å². The van der Waals surface area contributed by atoms with Gasteiger partial charge in [-0.15, -0.1) is 0 Å². The fraction of sp³-hybridized carbons (Fsp3) is 0.500. The van der Waals surface area contributed by atoms with E-state index in [0.29, 0.717) is 0 Å². The summed E-state index contributed by atoms with van der Waals surface area (Å²) in [6, 6.07) is 8.77. The lowest BCUT2D eigenvalue weighted by Crippen LogP contribution is -2.61. The number of oxazole rings is 1. The molecule has 1 unspecified atom stereocenters. The second-order valence-corrected chi connectivity index (χ2v) is 7.55. The Kier molecular flexibility index (Phi) is 2.17. The van der Waals surface area contributed by atoms with Gasteiger partial charge in [0.25, 0.3) is 0 Å².